The topological polar surface area (TPSA) is 23.8 Å². The molecule has 0 radical (unpaired) electrons. The predicted octanol–water partition coefficient (Wildman–Crippen LogP) is 1.94. The van der Waals surface area contributed by atoms with Gasteiger partial charge in [0.05, 0.1) is 9.99 Å². The molecule has 0 heterocycles. The lowest BCUT2D eigenvalue weighted by Gasteiger charge is -1.89. The minimum Gasteiger partial charge on any atom is -0.197 e. The van der Waals surface area contributed by atoms with Crippen molar-refractivity contribution in [2.24, 2.45) is 0 Å². The van der Waals surface area contributed by atoms with E-state index in [1.54, 1.807) is 0 Å². The van der Waals surface area contributed by atoms with E-state index in [9.17, 15) is 0 Å². The van der Waals surface area contributed by atoms with Gasteiger partial charge in [0.2, 0.25) is 0 Å². The molecule has 0 amide bonds. The molecule has 0 fully saturated rings. The maximum absolute atomic E-state index is 8.15. The molecule has 0 saturated carbocycles. The number of nitrogens with zero attached hydrogens (tertiary/aromatic N) is 1. The third-order valence-electron chi connectivity index (χ3n) is 0.503. The average Bonchev–Trinajstić information content (AvgIpc) is 1.68. The summed E-state index contributed by atoms with van der Waals surface area (Å²) in [6.45, 7) is 0. The minimum absolute atomic E-state index is 0.0927. The van der Waals surface area contributed by atoms with Crippen LogP contribution in [0.25, 0.3) is 0 Å². The van der Waals surface area contributed by atoms with Crippen molar-refractivity contribution in [1.82, 2.24) is 0 Å². The van der Waals surface area contributed by atoms with Crippen molar-refractivity contribution < 1.29 is 0 Å². The highest BCUT2D eigenvalue weighted by Gasteiger charge is 1.96. The maximum atomic E-state index is 8.15. The first-order valence-corrected chi connectivity index (χ1v) is 3.69. The lowest BCUT2D eigenvalue weighted by Crippen LogP contribution is -1.91. The molecule has 0 aromatic carbocycles. The van der Waals surface area contributed by atoms with Gasteiger partial charge < -0.3 is 0 Å². The first-order valence-electron chi connectivity index (χ1n) is 1.91. The third-order valence-corrected chi connectivity index (χ3v) is 1.62. The number of halogens is 2. The van der Waals surface area contributed by atoms with E-state index < -0.39 is 0 Å². The number of hydrogen-bond acceptors (Lipinski definition) is 1. The maximum Gasteiger partial charge on any atom is 0.0989 e. The van der Waals surface area contributed by atoms with E-state index in [1.165, 1.54) is 0 Å². The van der Waals surface area contributed by atoms with Crippen LogP contribution in [0, 0.1) is 11.3 Å². The summed E-state index contributed by atoms with van der Waals surface area (Å²) < 4.78 is 0.0927. The zero-order chi connectivity index (χ0) is 5.70. The van der Waals surface area contributed by atoms with E-state index in [4.69, 9.17) is 16.9 Å². The van der Waals surface area contributed by atoms with Crippen molar-refractivity contribution >= 4 is 34.2 Å². The molecule has 0 aliphatic rings. The molecule has 0 aliphatic heterocycles. The van der Waals surface area contributed by atoms with Gasteiger partial charge in [0, 0.05) is 5.88 Å². The van der Waals surface area contributed by atoms with Gasteiger partial charge in [-0.15, -0.1) is 11.6 Å². The van der Waals surface area contributed by atoms with Gasteiger partial charge in [0.25, 0.3) is 0 Å². The van der Waals surface area contributed by atoms with Crippen molar-refractivity contribution in [2.75, 3.05) is 5.88 Å². The fraction of sp³-hybridized carbons (Fsp3) is 0.750. The zero-order valence-electron chi connectivity index (χ0n) is 3.69. The van der Waals surface area contributed by atoms with E-state index in [1.807, 2.05) is 0 Å². The molecule has 0 aromatic rings. The zero-order valence-corrected chi connectivity index (χ0v) is 6.61. The first kappa shape index (κ1) is 7.51. The molecule has 0 aliphatic carbocycles. The van der Waals surface area contributed by atoms with Gasteiger partial charge in [-0.1, -0.05) is 22.6 Å². The van der Waals surface area contributed by atoms with Gasteiger partial charge in [0.15, 0.2) is 0 Å². The molecule has 0 aromatic heterocycles. The second-order valence-corrected chi connectivity index (χ2v) is 2.96. The average molecular weight is 229 g/mol. The van der Waals surface area contributed by atoms with Gasteiger partial charge in [-0.2, -0.15) is 5.26 Å². The van der Waals surface area contributed by atoms with Crippen LogP contribution in [0.2, 0.25) is 0 Å². The quantitative estimate of drug-likeness (QED) is 0.524. The molecule has 0 bridgehead atoms. The lowest BCUT2D eigenvalue weighted by molar-refractivity contribution is 1.02. The van der Waals surface area contributed by atoms with Crippen molar-refractivity contribution in [2.45, 2.75) is 10.3 Å². The first-order chi connectivity index (χ1) is 3.31. The standard InChI is InChI=1S/C4H5ClIN/c5-2-1-4(6)3-7/h4H,1-2H2. The van der Waals surface area contributed by atoms with Crippen LogP contribution >= 0.6 is 34.2 Å². The largest absolute Gasteiger partial charge is 0.197 e. The van der Waals surface area contributed by atoms with Crippen molar-refractivity contribution in [1.29, 1.82) is 5.26 Å². The van der Waals surface area contributed by atoms with Crippen molar-refractivity contribution in [3.05, 3.63) is 0 Å². The van der Waals surface area contributed by atoms with Gasteiger partial charge in [-0.05, 0) is 6.42 Å². The Labute approximate surface area is 61.8 Å². The Morgan fingerprint density at radius 2 is 2.43 bits per heavy atom. The molecule has 1 nitrogen and oxygen atoms in total. The number of nitriles is 1. The molecule has 3 heteroatoms. The fourth-order valence-corrected chi connectivity index (χ4v) is 1.06. The van der Waals surface area contributed by atoms with Crippen LogP contribution in [0.1, 0.15) is 6.42 Å². The minimum atomic E-state index is 0.0927. The smallest absolute Gasteiger partial charge is 0.0989 e. The summed E-state index contributed by atoms with van der Waals surface area (Å²) in [5.74, 6) is 0.584. The molecular formula is C4H5ClIN. The SMILES string of the molecule is N#CC(I)CCCl. The second-order valence-electron chi connectivity index (χ2n) is 1.07. The Morgan fingerprint density at radius 1 is 1.86 bits per heavy atom. The molecular weight excluding hydrogens is 224 g/mol. The van der Waals surface area contributed by atoms with Crippen LogP contribution in [0.3, 0.4) is 0 Å². The lowest BCUT2D eigenvalue weighted by atomic mass is 10.4. The normalized spacial score (nSPS) is 12.7. The number of hydrogen-bond donors (Lipinski definition) is 0. The highest BCUT2D eigenvalue weighted by molar-refractivity contribution is 14.1. The Balaban J connectivity index is 3.04. The van der Waals surface area contributed by atoms with Gasteiger partial charge in [-0.25, -0.2) is 0 Å². The molecule has 0 rings (SSSR count). The molecule has 0 spiro atoms. The highest BCUT2D eigenvalue weighted by atomic mass is 127. The van der Waals surface area contributed by atoms with Gasteiger partial charge >= 0.3 is 0 Å². The van der Waals surface area contributed by atoms with E-state index in [2.05, 4.69) is 28.7 Å². The molecule has 7 heavy (non-hydrogen) atoms. The Kier molecular flexibility index (Phi) is 5.00. The molecule has 0 saturated heterocycles. The summed E-state index contributed by atoms with van der Waals surface area (Å²) in [4.78, 5) is 0. The van der Waals surface area contributed by atoms with Crippen LogP contribution in [0.5, 0.6) is 0 Å². The number of rotatable bonds is 2. The van der Waals surface area contributed by atoms with E-state index >= 15 is 0 Å². The fourth-order valence-electron chi connectivity index (χ4n) is 0.160. The van der Waals surface area contributed by atoms with Crippen LogP contribution in [-0.2, 0) is 0 Å². The van der Waals surface area contributed by atoms with E-state index in [0.29, 0.717) is 5.88 Å². The molecule has 1 atom stereocenters. The summed E-state index contributed by atoms with van der Waals surface area (Å²) in [6, 6.07) is 2.07. The third kappa shape index (κ3) is 4.36. The van der Waals surface area contributed by atoms with Crippen LogP contribution < -0.4 is 0 Å². The predicted molar refractivity (Wildman–Crippen MR) is 38.8 cm³/mol. The van der Waals surface area contributed by atoms with Gasteiger partial charge in [-0.3, -0.25) is 0 Å². The Morgan fingerprint density at radius 3 is 2.57 bits per heavy atom. The summed E-state index contributed by atoms with van der Waals surface area (Å²) >= 11 is 7.38. The van der Waals surface area contributed by atoms with E-state index in [0.717, 1.165) is 6.42 Å². The summed E-state index contributed by atoms with van der Waals surface area (Å²) in [7, 11) is 0. The molecule has 1 unspecified atom stereocenters. The Hall–Kier alpha value is 0.510. The van der Waals surface area contributed by atoms with Gasteiger partial charge in [0.1, 0.15) is 0 Å². The molecule has 0 N–H and O–H groups in total. The van der Waals surface area contributed by atoms with E-state index in [-0.39, 0.29) is 3.92 Å². The highest BCUT2D eigenvalue weighted by Crippen LogP contribution is 2.03. The Bertz CT molecular complexity index is 78.2. The van der Waals surface area contributed by atoms with Crippen LogP contribution in [0.15, 0.2) is 0 Å². The monoisotopic (exact) mass is 229 g/mol. The summed E-state index contributed by atoms with van der Waals surface area (Å²) in [6.07, 6.45) is 0.790. The summed E-state index contributed by atoms with van der Waals surface area (Å²) in [5, 5.41) is 8.15. The van der Waals surface area contributed by atoms with Crippen LogP contribution in [0.4, 0.5) is 0 Å². The van der Waals surface area contributed by atoms with Crippen molar-refractivity contribution in [3.63, 3.8) is 0 Å². The van der Waals surface area contributed by atoms with Crippen molar-refractivity contribution in [3.8, 4) is 6.07 Å². The molecule has 40 valence electrons. The number of alkyl halides is 2. The second kappa shape index (κ2) is 4.66. The summed E-state index contributed by atoms with van der Waals surface area (Å²) in [5.41, 5.74) is 0. The van der Waals surface area contributed by atoms with Crippen LogP contribution in [-0.4, -0.2) is 9.80 Å².